The average Bonchev–Trinajstić information content (AvgIpc) is 2.45. The van der Waals surface area contributed by atoms with Crippen LogP contribution in [-0.4, -0.2) is 29.3 Å². The lowest BCUT2D eigenvalue weighted by molar-refractivity contribution is -0.141. The second kappa shape index (κ2) is 6.32. The minimum absolute atomic E-state index is 0.284. The number of hydrogen-bond acceptors (Lipinski definition) is 5. The SMILES string of the molecule is COC(=O)C(CC(C)C)Nc1nncc2ccccc12. The summed E-state index contributed by atoms with van der Waals surface area (Å²) in [6.07, 6.45) is 2.38. The molecule has 1 aromatic heterocycles. The number of ether oxygens (including phenoxy) is 1. The Morgan fingerprint density at radius 3 is 2.80 bits per heavy atom. The van der Waals surface area contributed by atoms with E-state index in [-0.39, 0.29) is 5.97 Å². The van der Waals surface area contributed by atoms with Crippen molar-refractivity contribution >= 4 is 22.6 Å². The van der Waals surface area contributed by atoms with Gasteiger partial charge in [0.1, 0.15) is 6.04 Å². The van der Waals surface area contributed by atoms with Gasteiger partial charge in [0.05, 0.1) is 13.3 Å². The fourth-order valence-corrected chi connectivity index (χ4v) is 2.13. The second-order valence-electron chi connectivity index (χ2n) is 5.13. The van der Waals surface area contributed by atoms with Crippen LogP contribution in [0, 0.1) is 5.92 Å². The van der Waals surface area contributed by atoms with Crippen LogP contribution in [0.2, 0.25) is 0 Å². The van der Waals surface area contributed by atoms with Crippen LogP contribution in [0.1, 0.15) is 20.3 Å². The Balaban J connectivity index is 2.30. The van der Waals surface area contributed by atoms with Crippen molar-refractivity contribution in [2.75, 3.05) is 12.4 Å². The molecule has 1 aromatic carbocycles. The van der Waals surface area contributed by atoms with Crippen molar-refractivity contribution in [3.63, 3.8) is 0 Å². The number of esters is 1. The van der Waals surface area contributed by atoms with E-state index in [1.54, 1.807) is 6.20 Å². The molecule has 106 valence electrons. The monoisotopic (exact) mass is 273 g/mol. The molecule has 0 aliphatic carbocycles. The molecular weight excluding hydrogens is 254 g/mol. The molecule has 0 saturated carbocycles. The topological polar surface area (TPSA) is 64.1 Å². The maximum Gasteiger partial charge on any atom is 0.328 e. The van der Waals surface area contributed by atoms with Gasteiger partial charge in [-0.05, 0) is 12.3 Å². The van der Waals surface area contributed by atoms with Gasteiger partial charge in [0.15, 0.2) is 5.82 Å². The number of carbonyl (C=O) groups is 1. The zero-order valence-electron chi connectivity index (χ0n) is 12.0. The third-order valence-electron chi connectivity index (χ3n) is 3.07. The summed E-state index contributed by atoms with van der Waals surface area (Å²) in [5.41, 5.74) is 0. The van der Waals surface area contributed by atoms with Crippen LogP contribution >= 0.6 is 0 Å². The third kappa shape index (κ3) is 3.23. The standard InChI is InChI=1S/C15H19N3O2/c1-10(2)8-13(15(19)20-3)17-14-12-7-5-4-6-11(12)9-16-18-14/h4-7,9-10,13H,8H2,1-3H3,(H,17,18). The lowest BCUT2D eigenvalue weighted by Crippen LogP contribution is -2.32. The highest BCUT2D eigenvalue weighted by molar-refractivity contribution is 5.92. The third-order valence-corrected chi connectivity index (χ3v) is 3.07. The molecule has 1 unspecified atom stereocenters. The van der Waals surface area contributed by atoms with E-state index in [0.717, 1.165) is 10.8 Å². The highest BCUT2D eigenvalue weighted by Gasteiger charge is 2.21. The molecule has 0 amide bonds. The molecule has 1 N–H and O–H groups in total. The molecule has 1 heterocycles. The summed E-state index contributed by atoms with van der Waals surface area (Å²) in [4.78, 5) is 11.9. The highest BCUT2D eigenvalue weighted by atomic mass is 16.5. The number of anilines is 1. The van der Waals surface area contributed by atoms with E-state index in [1.165, 1.54) is 7.11 Å². The van der Waals surface area contributed by atoms with E-state index in [4.69, 9.17) is 4.74 Å². The Bertz CT molecular complexity index is 593. The Labute approximate surface area is 118 Å². The van der Waals surface area contributed by atoms with E-state index >= 15 is 0 Å². The average molecular weight is 273 g/mol. The minimum atomic E-state index is -0.417. The molecule has 0 aliphatic heterocycles. The Kier molecular flexibility index (Phi) is 4.50. The van der Waals surface area contributed by atoms with Gasteiger partial charge in [0.2, 0.25) is 0 Å². The van der Waals surface area contributed by atoms with Crippen molar-refractivity contribution in [2.24, 2.45) is 5.92 Å². The van der Waals surface area contributed by atoms with Crippen molar-refractivity contribution in [3.05, 3.63) is 30.5 Å². The van der Waals surface area contributed by atoms with Crippen LogP contribution in [0.5, 0.6) is 0 Å². The summed E-state index contributed by atoms with van der Waals surface area (Å²) < 4.78 is 4.85. The molecule has 5 nitrogen and oxygen atoms in total. The van der Waals surface area contributed by atoms with Crippen molar-refractivity contribution in [2.45, 2.75) is 26.3 Å². The Morgan fingerprint density at radius 1 is 1.35 bits per heavy atom. The lowest BCUT2D eigenvalue weighted by atomic mass is 10.0. The molecular formula is C15H19N3O2. The molecule has 20 heavy (non-hydrogen) atoms. The second-order valence-corrected chi connectivity index (χ2v) is 5.13. The van der Waals surface area contributed by atoms with Crippen LogP contribution in [0.3, 0.4) is 0 Å². The highest BCUT2D eigenvalue weighted by Crippen LogP contribution is 2.21. The van der Waals surface area contributed by atoms with E-state index in [2.05, 4.69) is 29.4 Å². The smallest absolute Gasteiger partial charge is 0.328 e. The Morgan fingerprint density at radius 2 is 2.10 bits per heavy atom. The van der Waals surface area contributed by atoms with Gasteiger partial charge in [-0.1, -0.05) is 38.1 Å². The van der Waals surface area contributed by atoms with E-state index in [9.17, 15) is 4.79 Å². The van der Waals surface area contributed by atoms with Crippen LogP contribution in [0.25, 0.3) is 10.8 Å². The van der Waals surface area contributed by atoms with Gasteiger partial charge in [0.25, 0.3) is 0 Å². The molecule has 2 aromatic rings. The summed E-state index contributed by atoms with van der Waals surface area (Å²) in [6, 6.07) is 7.38. The molecule has 0 saturated heterocycles. The molecule has 2 rings (SSSR count). The zero-order valence-corrected chi connectivity index (χ0v) is 12.0. The maximum absolute atomic E-state index is 11.9. The number of hydrogen-bond donors (Lipinski definition) is 1. The van der Waals surface area contributed by atoms with Crippen LogP contribution in [0.4, 0.5) is 5.82 Å². The van der Waals surface area contributed by atoms with Crippen LogP contribution < -0.4 is 5.32 Å². The van der Waals surface area contributed by atoms with E-state index in [1.807, 2.05) is 24.3 Å². The number of carbonyl (C=O) groups excluding carboxylic acids is 1. The van der Waals surface area contributed by atoms with Crippen molar-refractivity contribution in [1.82, 2.24) is 10.2 Å². The lowest BCUT2D eigenvalue weighted by Gasteiger charge is -2.19. The van der Waals surface area contributed by atoms with Gasteiger partial charge in [-0.25, -0.2) is 4.79 Å². The number of nitrogens with one attached hydrogen (secondary N) is 1. The first-order chi connectivity index (χ1) is 9.61. The number of benzene rings is 1. The maximum atomic E-state index is 11.9. The van der Waals surface area contributed by atoms with Crippen LogP contribution in [-0.2, 0) is 9.53 Å². The summed E-state index contributed by atoms with van der Waals surface area (Å²) in [5.74, 6) is 0.696. The summed E-state index contributed by atoms with van der Waals surface area (Å²) in [5, 5.41) is 13.2. The summed E-state index contributed by atoms with van der Waals surface area (Å²) >= 11 is 0. The zero-order chi connectivity index (χ0) is 14.5. The number of nitrogens with zero attached hydrogens (tertiary/aromatic N) is 2. The van der Waals surface area contributed by atoms with Crippen molar-refractivity contribution in [1.29, 1.82) is 0 Å². The summed E-state index contributed by atoms with van der Waals surface area (Å²) in [6.45, 7) is 4.12. The quantitative estimate of drug-likeness (QED) is 0.848. The van der Waals surface area contributed by atoms with Gasteiger partial charge >= 0.3 is 5.97 Å². The van der Waals surface area contributed by atoms with E-state index < -0.39 is 6.04 Å². The molecule has 0 aliphatic rings. The number of aromatic nitrogens is 2. The molecule has 0 fully saturated rings. The summed E-state index contributed by atoms with van der Waals surface area (Å²) in [7, 11) is 1.39. The molecule has 0 spiro atoms. The molecule has 0 bridgehead atoms. The van der Waals surface area contributed by atoms with Gasteiger partial charge in [-0.3, -0.25) is 0 Å². The first kappa shape index (κ1) is 14.2. The Hall–Kier alpha value is -2.17. The minimum Gasteiger partial charge on any atom is -0.467 e. The first-order valence-electron chi connectivity index (χ1n) is 6.66. The molecule has 5 heteroatoms. The largest absolute Gasteiger partial charge is 0.467 e. The van der Waals surface area contributed by atoms with Gasteiger partial charge in [-0.15, -0.1) is 5.10 Å². The van der Waals surface area contributed by atoms with Crippen molar-refractivity contribution < 1.29 is 9.53 Å². The first-order valence-corrected chi connectivity index (χ1v) is 6.66. The van der Waals surface area contributed by atoms with E-state index in [0.29, 0.717) is 18.2 Å². The fourth-order valence-electron chi connectivity index (χ4n) is 2.13. The number of fused-ring (bicyclic) bond motifs is 1. The number of rotatable bonds is 5. The molecule has 0 radical (unpaired) electrons. The predicted molar refractivity (Wildman–Crippen MR) is 78.4 cm³/mol. The fraction of sp³-hybridized carbons (Fsp3) is 0.400. The predicted octanol–water partition coefficient (Wildman–Crippen LogP) is 2.63. The number of methoxy groups -OCH3 is 1. The van der Waals surface area contributed by atoms with Crippen LogP contribution in [0.15, 0.2) is 30.5 Å². The molecule has 1 atom stereocenters. The van der Waals surface area contributed by atoms with Gasteiger partial charge < -0.3 is 10.1 Å². The van der Waals surface area contributed by atoms with Crippen molar-refractivity contribution in [3.8, 4) is 0 Å². The van der Waals surface area contributed by atoms with Gasteiger partial charge in [-0.2, -0.15) is 5.10 Å². The van der Waals surface area contributed by atoms with Gasteiger partial charge in [0, 0.05) is 10.8 Å². The normalized spacial score (nSPS) is 12.4.